The molecular formula is C15H15BrF2N2O. The van der Waals surface area contributed by atoms with Crippen LogP contribution in [0.25, 0.3) is 0 Å². The number of aryl methyl sites for hydroxylation is 1. The van der Waals surface area contributed by atoms with Crippen molar-refractivity contribution in [2.45, 2.75) is 33.7 Å². The van der Waals surface area contributed by atoms with Crippen molar-refractivity contribution in [1.82, 2.24) is 9.78 Å². The first-order valence-corrected chi connectivity index (χ1v) is 7.35. The minimum absolute atomic E-state index is 0.0218. The van der Waals surface area contributed by atoms with Crippen LogP contribution in [-0.4, -0.2) is 15.6 Å². The molecular weight excluding hydrogens is 342 g/mol. The van der Waals surface area contributed by atoms with Crippen LogP contribution >= 0.6 is 15.9 Å². The zero-order chi connectivity index (χ0) is 15.7. The van der Waals surface area contributed by atoms with Gasteiger partial charge in [-0.3, -0.25) is 9.48 Å². The Morgan fingerprint density at radius 3 is 2.62 bits per heavy atom. The fraction of sp³-hybridized carbons (Fsp3) is 0.333. The smallest absolute Gasteiger partial charge is 0.166 e. The third-order valence-electron chi connectivity index (χ3n) is 3.43. The van der Waals surface area contributed by atoms with Gasteiger partial charge in [0, 0.05) is 17.7 Å². The van der Waals surface area contributed by atoms with Crippen LogP contribution in [0, 0.1) is 25.5 Å². The molecule has 0 unspecified atom stereocenters. The Balaban J connectivity index is 2.47. The van der Waals surface area contributed by atoms with E-state index in [1.807, 2.05) is 0 Å². The molecule has 0 amide bonds. The molecule has 2 rings (SSSR count). The molecule has 0 saturated heterocycles. The standard InChI is InChI=1S/C15H15BrF2N2O/c1-4-13(21)14-8(2)19-20(9(14)3)7-10-12(17)6-5-11(16)15(10)18/h5-6H,4,7H2,1-3H3. The average Bonchev–Trinajstić information content (AvgIpc) is 2.73. The zero-order valence-electron chi connectivity index (χ0n) is 12.0. The first-order chi connectivity index (χ1) is 9.86. The summed E-state index contributed by atoms with van der Waals surface area (Å²) < 4.78 is 29.5. The molecule has 6 heteroatoms. The number of benzene rings is 1. The maximum Gasteiger partial charge on any atom is 0.166 e. The number of aromatic nitrogens is 2. The van der Waals surface area contributed by atoms with Crippen molar-refractivity contribution in [1.29, 1.82) is 0 Å². The number of hydrogen-bond acceptors (Lipinski definition) is 2. The van der Waals surface area contributed by atoms with E-state index >= 15 is 0 Å². The van der Waals surface area contributed by atoms with Gasteiger partial charge in [-0.15, -0.1) is 0 Å². The van der Waals surface area contributed by atoms with Gasteiger partial charge in [-0.25, -0.2) is 8.78 Å². The molecule has 3 nitrogen and oxygen atoms in total. The minimum atomic E-state index is -0.647. The van der Waals surface area contributed by atoms with E-state index < -0.39 is 11.6 Å². The Labute approximate surface area is 130 Å². The van der Waals surface area contributed by atoms with Gasteiger partial charge in [0.25, 0.3) is 0 Å². The Morgan fingerprint density at radius 1 is 1.33 bits per heavy atom. The fourth-order valence-corrected chi connectivity index (χ4v) is 2.67. The second-order valence-corrected chi connectivity index (χ2v) is 5.66. The Hall–Kier alpha value is -1.56. The van der Waals surface area contributed by atoms with Crippen LogP contribution in [0.5, 0.6) is 0 Å². The van der Waals surface area contributed by atoms with Crippen molar-refractivity contribution in [3.63, 3.8) is 0 Å². The molecule has 2 aromatic rings. The van der Waals surface area contributed by atoms with Crippen molar-refractivity contribution in [2.75, 3.05) is 0 Å². The molecule has 0 fully saturated rings. The van der Waals surface area contributed by atoms with Crippen molar-refractivity contribution < 1.29 is 13.6 Å². The number of hydrogen-bond donors (Lipinski definition) is 0. The number of carbonyl (C=O) groups excluding carboxylic acids is 1. The first-order valence-electron chi connectivity index (χ1n) is 6.56. The van der Waals surface area contributed by atoms with E-state index in [-0.39, 0.29) is 22.4 Å². The second kappa shape index (κ2) is 6.05. The maximum atomic E-state index is 14.0. The third-order valence-corrected chi connectivity index (χ3v) is 4.04. The monoisotopic (exact) mass is 356 g/mol. The molecule has 0 saturated carbocycles. The van der Waals surface area contributed by atoms with Gasteiger partial charge in [-0.2, -0.15) is 5.10 Å². The highest BCUT2D eigenvalue weighted by molar-refractivity contribution is 9.10. The SMILES string of the molecule is CCC(=O)c1c(C)nn(Cc2c(F)ccc(Br)c2F)c1C. The predicted octanol–water partition coefficient (Wildman–Crippen LogP) is 4.18. The summed E-state index contributed by atoms with van der Waals surface area (Å²) >= 11 is 3.04. The molecule has 0 atom stereocenters. The number of ketones is 1. The molecule has 21 heavy (non-hydrogen) atoms. The van der Waals surface area contributed by atoms with Crippen LogP contribution in [0.4, 0.5) is 8.78 Å². The molecule has 0 aliphatic carbocycles. The van der Waals surface area contributed by atoms with E-state index in [2.05, 4.69) is 21.0 Å². The number of carbonyl (C=O) groups is 1. The summed E-state index contributed by atoms with van der Waals surface area (Å²) in [5.74, 6) is -1.30. The number of rotatable bonds is 4. The lowest BCUT2D eigenvalue weighted by Crippen LogP contribution is -2.09. The summed E-state index contributed by atoms with van der Waals surface area (Å²) in [6.07, 6.45) is 0.368. The fourth-order valence-electron chi connectivity index (χ4n) is 2.29. The summed E-state index contributed by atoms with van der Waals surface area (Å²) in [5.41, 5.74) is 1.66. The lowest BCUT2D eigenvalue weighted by molar-refractivity contribution is 0.0987. The van der Waals surface area contributed by atoms with Gasteiger partial charge < -0.3 is 0 Å². The van der Waals surface area contributed by atoms with Gasteiger partial charge in [0.1, 0.15) is 11.6 Å². The summed E-state index contributed by atoms with van der Waals surface area (Å²) in [4.78, 5) is 11.9. The van der Waals surface area contributed by atoms with E-state index in [0.717, 1.165) is 0 Å². The molecule has 1 heterocycles. The molecule has 0 bridgehead atoms. The van der Waals surface area contributed by atoms with Gasteiger partial charge in [0.05, 0.1) is 22.3 Å². The van der Waals surface area contributed by atoms with Crippen LogP contribution in [-0.2, 0) is 6.54 Å². The largest absolute Gasteiger partial charge is 0.294 e. The number of halogens is 3. The highest BCUT2D eigenvalue weighted by atomic mass is 79.9. The zero-order valence-corrected chi connectivity index (χ0v) is 13.6. The summed E-state index contributed by atoms with van der Waals surface area (Å²) in [5, 5.41) is 4.23. The summed E-state index contributed by atoms with van der Waals surface area (Å²) in [6.45, 7) is 5.17. The van der Waals surface area contributed by atoms with Gasteiger partial charge >= 0.3 is 0 Å². The molecule has 0 aliphatic rings. The van der Waals surface area contributed by atoms with Gasteiger partial charge in [-0.1, -0.05) is 6.92 Å². The lowest BCUT2D eigenvalue weighted by Gasteiger charge is -2.09. The molecule has 0 N–H and O–H groups in total. The normalized spacial score (nSPS) is 11.0. The molecule has 0 radical (unpaired) electrons. The van der Waals surface area contributed by atoms with Crippen molar-refractivity contribution in [3.05, 3.63) is 50.8 Å². The highest BCUT2D eigenvalue weighted by Gasteiger charge is 2.20. The Bertz CT molecular complexity index is 710. The van der Waals surface area contributed by atoms with E-state index in [1.54, 1.807) is 20.8 Å². The van der Waals surface area contributed by atoms with Crippen LogP contribution in [0.1, 0.15) is 40.7 Å². The third kappa shape index (κ3) is 2.90. The van der Waals surface area contributed by atoms with E-state index in [4.69, 9.17) is 0 Å². The summed E-state index contributed by atoms with van der Waals surface area (Å²) in [7, 11) is 0. The van der Waals surface area contributed by atoms with Crippen LogP contribution in [0.3, 0.4) is 0 Å². The average molecular weight is 357 g/mol. The molecule has 0 spiro atoms. The molecule has 1 aromatic heterocycles. The second-order valence-electron chi connectivity index (χ2n) is 4.80. The van der Waals surface area contributed by atoms with Crippen LogP contribution in [0.15, 0.2) is 16.6 Å². The Morgan fingerprint density at radius 2 is 2.00 bits per heavy atom. The van der Waals surface area contributed by atoms with E-state index in [1.165, 1.54) is 16.8 Å². The maximum absolute atomic E-state index is 14.0. The number of Topliss-reactive ketones (excluding diaryl/α,β-unsaturated/α-hetero) is 1. The lowest BCUT2D eigenvalue weighted by atomic mass is 10.1. The van der Waals surface area contributed by atoms with Crippen LogP contribution in [0.2, 0.25) is 0 Å². The van der Waals surface area contributed by atoms with Gasteiger partial charge in [0.15, 0.2) is 5.78 Å². The summed E-state index contributed by atoms with van der Waals surface area (Å²) in [6, 6.07) is 2.52. The van der Waals surface area contributed by atoms with Crippen LogP contribution < -0.4 is 0 Å². The van der Waals surface area contributed by atoms with Gasteiger partial charge in [0.2, 0.25) is 0 Å². The first kappa shape index (κ1) is 15.8. The molecule has 0 aliphatic heterocycles. The van der Waals surface area contributed by atoms with E-state index in [0.29, 0.717) is 23.4 Å². The van der Waals surface area contributed by atoms with Crippen molar-refractivity contribution in [3.8, 4) is 0 Å². The van der Waals surface area contributed by atoms with Gasteiger partial charge in [-0.05, 0) is 41.9 Å². The molecule has 112 valence electrons. The molecule has 1 aromatic carbocycles. The van der Waals surface area contributed by atoms with E-state index in [9.17, 15) is 13.6 Å². The minimum Gasteiger partial charge on any atom is -0.294 e. The Kier molecular flexibility index (Phi) is 4.56. The number of nitrogens with zero attached hydrogens (tertiary/aromatic N) is 2. The van der Waals surface area contributed by atoms with Crippen molar-refractivity contribution >= 4 is 21.7 Å². The topological polar surface area (TPSA) is 34.9 Å². The quantitative estimate of drug-likeness (QED) is 0.608. The predicted molar refractivity (Wildman–Crippen MR) is 79.5 cm³/mol. The highest BCUT2D eigenvalue weighted by Crippen LogP contribution is 2.24. The van der Waals surface area contributed by atoms with Crippen molar-refractivity contribution in [2.24, 2.45) is 0 Å².